The lowest BCUT2D eigenvalue weighted by molar-refractivity contribution is 0.0980. The number of sulfonamides is 1. The van der Waals surface area contributed by atoms with Crippen LogP contribution in [0.4, 0.5) is 5.69 Å². The van der Waals surface area contributed by atoms with E-state index in [1.54, 1.807) is 24.3 Å². The largest absolute Gasteiger partial charge is 0.307 e. The molecule has 0 radical (unpaired) electrons. The van der Waals surface area contributed by atoms with Gasteiger partial charge in [-0.05, 0) is 112 Å². The molecule has 1 atom stereocenters. The van der Waals surface area contributed by atoms with Crippen molar-refractivity contribution in [1.29, 1.82) is 0 Å². The number of fused-ring (bicyclic) bond motifs is 2. The molecule has 7 heteroatoms. The first-order valence-electron chi connectivity index (χ1n) is 12.9. The Morgan fingerprint density at radius 1 is 1.06 bits per heavy atom. The van der Waals surface area contributed by atoms with Crippen LogP contribution < -0.4 is 9.62 Å². The van der Waals surface area contributed by atoms with Gasteiger partial charge in [-0.2, -0.15) is 0 Å². The standard InChI is InChI=1S/C28H33BrN2O3S/c1-19(20-4-2-5-20)30-35(33,34)23-7-3-6-21(16-23)26(32)31-18-28(14-12-27(10-11-27)13-15-28)24-17-22(29)8-9-25(24)31/h3,6-9,16-17,19-20,30H,2,4-5,10-15,18H2,1H3. The van der Waals surface area contributed by atoms with Crippen LogP contribution in [-0.4, -0.2) is 26.9 Å². The first kappa shape index (κ1) is 23.7. The third-order valence-corrected chi connectivity index (χ3v) is 11.4. The quantitative estimate of drug-likeness (QED) is 0.478. The number of nitrogens with one attached hydrogen (secondary N) is 1. The van der Waals surface area contributed by atoms with Gasteiger partial charge in [0.25, 0.3) is 5.91 Å². The molecule has 3 saturated carbocycles. The topological polar surface area (TPSA) is 66.5 Å². The molecule has 0 bridgehead atoms. The first-order valence-corrected chi connectivity index (χ1v) is 15.2. The van der Waals surface area contributed by atoms with E-state index in [-0.39, 0.29) is 22.3 Å². The maximum Gasteiger partial charge on any atom is 0.258 e. The SMILES string of the molecule is CC(NS(=O)(=O)c1cccc(C(=O)N2CC3(CCC4(CC4)CC3)c3cc(Br)ccc32)c1)C1CCC1. The van der Waals surface area contributed by atoms with Gasteiger partial charge in [-0.1, -0.05) is 28.4 Å². The van der Waals surface area contributed by atoms with Crippen molar-refractivity contribution in [3.05, 3.63) is 58.1 Å². The molecule has 1 heterocycles. The Bertz CT molecular complexity index is 1270. The van der Waals surface area contributed by atoms with Crippen LogP contribution in [0.5, 0.6) is 0 Å². The van der Waals surface area contributed by atoms with Crippen LogP contribution in [-0.2, 0) is 15.4 Å². The van der Waals surface area contributed by atoms with E-state index in [1.807, 2.05) is 24.0 Å². The van der Waals surface area contributed by atoms with E-state index in [2.05, 4.69) is 26.7 Å². The Morgan fingerprint density at radius 2 is 1.77 bits per heavy atom. The fourth-order valence-corrected chi connectivity index (χ4v) is 8.21. The lowest BCUT2D eigenvalue weighted by Gasteiger charge is -2.38. The molecular weight excluding hydrogens is 524 g/mol. The molecule has 2 aromatic carbocycles. The van der Waals surface area contributed by atoms with E-state index in [1.165, 1.54) is 31.2 Å². The highest BCUT2D eigenvalue weighted by atomic mass is 79.9. The Labute approximate surface area is 216 Å². The van der Waals surface area contributed by atoms with Crippen molar-refractivity contribution in [1.82, 2.24) is 4.72 Å². The van der Waals surface area contributed by atoms with Crippen LogP contribution in [0.1, 0.15) is 80.6 Å². The fraction of sp³-hybridized carbons (Fsp3) is 0.536. The molecular formula is C28H33BrN2O3S. The van der Waals surface area contributed by atoms with Crippen LogP contribution >= 0.6 is 15.9 Å². The predicted molar refractivity (Wildman–Crippen MR) is 141 cm³/mol. The highest BCUT2D eigenvalue weighted by molar-refractivity contribution is 9.10. The number of hydrogen-bond acceptors (Lipinski definition) is 3. The first-order chi connectivity index (χ1) is 16.7. The van der Waals surface area contributed by atoms with E-state index in [0.29, 0.717) is 23.4 Å². The summed E-state index contributed by atoms with van der Waals surface area (Å²) in [6.45, 7) is 2.60. The molecule has 1 aliphatic heterocycles. The average molecular weight is 558 g/mol. The van der Waals surface area contributed by atoms with Crippen LogP contribution in [0.2, 0.25) is 0 Å². The number of rotatable bonds is 5. The van der Waals surface area contributed by atoms with Gasteiger partial charge in [-0.25, -0.2) is 13.1 Å². The summed E-state index contributed by atoms with van der Waals surface area (Å²) in [6.07, 6.45) is 10.7. The monoisotopic (exact) mass is 556 g/mol. The molecule has 0 saturated heterocycles. The average Bonchev–Trinajstić information content (AvgIpc) is 3.49. The zero-order chi connectivity index (χ0) is 24.4. The Hall–Kier alpha value is -1.70. The lowest BCUT2D eigenvalue weighted by Crippen LogP contribution is -2.41. The number of carbonyl (C=O) groups is 1. The molecule has 1 N–H and O–H groups in total. The fourth-order valence-electron chi connectivity index (χ4n) is 6.49. The minimum atomic E-state index is -3.69. The highest BCUT2D eigenvalue weighted by Gasteiger charge is 2.53. The summed E-state index contributed by atoms with van der Waals surface area (Å²) in [5.41, 5.74) is 3.21. The van der Waals surface area contributed by atoms with Crippen LogP contribution in [0.15, 0.2) is 51.8 Å². The maximum absolute atomic E-state index is 13.8. The molecule has 2 aromatic rings. The van der Waals surface area contributed by atoms with E-state index < -0.39 is 10.0 Å². The number of benzene rings is 2. The second kappa shape index (κ2) is 8.42. The van der Waals surface area contributed by atoms with Gasteiger partial charge in [0.15, 0.2) is 0 Å². The van der Waals surface area contributed by atoms with E-state index in [9.17, 15) is 13.2 Å². The Morgan fingerprint density at radius 3 is 2.43 bits per heavy atom. The smallest absolute Gasteiger partial charge is 0.258 e. The van der Waals surface area contributed by atoms with Gasteiger partial charge in [0.1, 0.15) is 0 Å². The molecule has 3 fully saturated rings. The predicted octanol–water partition coefficient (Wildman–Crippen LogP) is 6.17. The van der Waals surface area contributed by atoms with Crippen molar-refractivity contribution in [2.45, 2.75) is 81.1 Å². The molecule has 2 spiro atoms. The second-order valence-electron chi connectivity index (χ2n) is 11.5. The molecule has 0 aromatic heterocycles. The Balaban J connectivity index is 1.28. The number of hydrogen-bond donors (Lipinski definition) is 1. The van der Waals surface area contributed by atoms with Gasteiger partial charge >= 0.3 is 0 Å². The number of nitrogens with zero attached hydrogens (tertiary/aromatic N) is 1. The third-order valence-electron chi connectivity index (χ3n) is 9.34. The minimum Gasteiger partial charge on any atom is -0.307 e. The molecule has 186 valence electrons. The Kier molecular flexibility index (Phi) is 5.70. The van der Waals surface area contributed by atoms with Crippen molar-refractivity contribution in [2.75, 3.05) is 11.4 Å². The third kappa shape index (κ3) is 4.17. The summed E-state index contributed by atoms with van der Waals surface area (Å²) in [4.78, 5) is 15.9. The molecule has 3 aliphatic carbocycles. The van der Waals surface area contributed by atoms with E-state index in [0.717, 1.165) is 42.3 Å². The highest BCUT2D eigenvalue weighted by Crippen LogP contribution is 2.62. The van der Waals surface area contributed by atoms with Gasteiger partial charge in [0.2, 0.25) is 10.0 Å². The van der Waals surface area contributed by atoms with Crippen LogP contribution in [0.3, 0.4) is 0 Å². The molecule has 1 unspecified atom stereocenters. The summed E-state index contributed by atoms with van der Waals surface area (Å²) in [5, 5.41) is 0. The van der Waals surface area contributed by atoms with Gasteiger partial charge in [-0.15, -0.1) is 0 Å². The normalized spacial score (nSPS) is 23.2. The number of carbonyl (C=O) groups excluding carboxylic acids is 1. The van der Waals surface area contributed by atoms with Gasteiger partial charge in [0.05, 0.1) is 4.90 Å². The van der Waals surface area contributed by atoms with Crippen LogP contribution in [0, 0.1) is 11.3 Å². The van der Waals surface area contributed by atoms with Gasteiger partial charge < -0.3 is 4.90 Å². The molecule has 35 heavy (non-hydrogen) atoms. The zero-order valence-electron chi connectivity index (χ0n) is 20.2. The molecule has 4 aliphatic rings. The van der Waals surface area contributed by atoms with Crippen LogP contribution in [0.25, 0.3) is 0 Å². The summed E-state index contributed by atoms with van der Waals surface area (Å²) in [6, 6.07) is 12.7. The van der Waals surface area contributed by atoms with Crippen molar-refractivity contribution < 1.29 is 13.2 Å². The number of anilines is 1. The number of amides is 1. The summed E-state index contributed by atoms with van der Waals surface area (Å²) in [5.74, 6) is 0.276. The van der Waals surface area contributed by atoms with Crippen molar-refractivity contribution >= 4 is 37.5 Å². The van der Waals surface area contributed by atoms with Crippen molar-refractivity contribution in [3.8, 4) is 0 Å². The summed E-state index contributed by atoms with van der Waals surface area (Å²) >= 11 is 3.64. The summed E-state index contributed by atoms with van der Waals surface area (Å²) < 4.78 is 30.0. The molecule has 5 nitrogen and oxygen atoms in total. The maximum atomic E-state index is 13.8. The van der Waals surface area contributed by atoms with Gasteiger partial charge in [0, 0.05) is 33.7 Å². The second-order valence-corrected chi connectivity index (χ2v) is 14.1. The van der Waals surface area contributed by atoms with Crippen molar-refractivity contribution in [3.63, 3.8) is 0 Å². The molecule has 6 rings (SSSR count). The lowest BCUT2D eigenvalue weighted by atomic mass is 9.66. The van der Waals surface area contributed by atoms with Crippen molar-refractivity contribution in [2.24, 2.45) is 11.3 Å². The zero-order valence-corrected chi connectivity index (χ0v) is 22.6. The van der Waals surface area contributed by atoms with Gasteiger partial charge in [-0.3, -0.25) is 4.79 Å². The molecule has 1 amide bonds. The number of halogens is 1. The van der Waals surface area contributed by atoms with E-state index in [4.69, 9.17) is 0 Å². The minimum absolute atomic E-state index is 0.00788. The summed E-state index contributed by atoms with van der Waals surface area (Å²) in [7, 11) is -3.69. The van der Waals surface area contributed by atoms with E-state index >= 15 is 0 Å².